The number of thiophene rings is 3. The topological polar surface area (TPSA) is 68.8 Å². The average Bonchev–Trinajstić information content (AvgIpc) is 3.34. The van der Waals surface area contributed by atoms with Gasteiger partial charge in [-0.2, -0.15) is 0 Å². The van der Waals surface area contributed by atoms with Gasteiger partial charge in [-0.3, -0.25) is 4.79 Å². The fraction of sp³-hybridized carbons (Fsp3) is 0. The first-order chi connectivity index (χ1) is 12.2. The van der Waals surface area contributed by atoms with Crippen molar-refractivity contribution in [3.05, 3.63) is 57.4 Å². The molecule has 0 unspecified atom stereocenters. The molecule has 0 fully saturated rings. The van der Waals surface area contributed by atoms with E-state index < -0.39 is 0 Å². The maximum absolute atomic E-state index is 12.2. The summed E-state index contributed by atoms with van der Waals surface area (Å²) in [6, 6.07) is 11.2. The largest absolute Gasteiger partial charge is 1.00 e. The van der Waals surface area contributed by atoms with Gasteiger partial charge in [0, 0.05) is 15.8 Å². The van der Waals surface area contributed by atoms with Gasteiger partial charge in [-0.25, -0.2) is 4.98 Å². The summed E-state index contributed by atoms with van der Waals surface area (Å²) < 4.78 is 0.545. The first-order valence-corrected chi connectivity index (χ1v) is 10.0. The fourth-order valence-electron chi connectivity index (χ4n) is 2.91. The van der Waals surface area contributed by atoms with Crippen LogP contribution in [0, 0.1) is 0 Å². The standard InChI is InChI=1S/C18H10N2O2S3.Na/c21-11-8-14(22)20-16-15-9(12-3-1-5-23-12)7-10(13-4-2-6-24-13)19-18(15)25-17(11)16;/h1-8H,(H2,20,21,22);/q;+1/p-1. The third-order valence-electron chi connectivity index (χ3n) is 3.96. The predicted molar refractivity (Wildman–Crippen MR) is 104 cm³/mol. The second kappa shape index (κ2) is 6.92. The summed E-state index contributed by atoms with van der Waals surface area (Å²) in [6.07, 6.45) is 0. The molecule has 4 nitrogen and oxygen atoms in total. The van der Waals surface area contributed by atoms with E-state index in [-0.39, 0.29) is 40.9 Å². The Morgan fingerprint density at radius 3 is 2.46 bits per heavy atom. The molecule has 0 saturated carbocycles. The molecule has 1 N–H and O–H groups in total. The van der Waals surface area contributed by atoms with Gasteiger partial charge in [0.15, 0.2) is 5.43 Å². The third kappa shape index (κ3) is 2.85. The van der Waals surface area contributed by atoms with Crippen molar-refractivity contribution in [2.75, 3.05) is 0 Å². The monoisotopic (exact) mass is 404 g/mol. The molecule has 0 saturated heterocycles. The van der Waals surface area contributed by atoms with Crippen molar-refractivity contribution in [2.24, 2.45) is 0 Å². The van der Waals surface area contributed by atoms with Crippen LogP contribution in [0.25, 0.3) is 41.4 Å². The second-order valence-corrected chi connectivity index (χ2v) is 8.39. The van der Waals surface area contributed by atoms with Crippen molar-refractivity contribution < 1.29 is 34.7 Å². The molecule has 26 heavy (non-hydrogen) atoms. The Bertz CT molecular complexity index is 1270. The van der Waals surface area contributed by atoms with Gasteiger partial charge in [0.05, 0.1) is 16.1 Å². The van der Waals surface area contributed by atoms with Gasteiger partial charge in [0.1, 0.15) is 9.53 Å². The van der Waals surface area contributed by atoms with Crippen molar-refractivity contribution in [3.63, 3.8) is 0 Å². The number of nitrogens with zero attached hydrogens (tertiary/aromatic N) is 1. The molecule has 0 radical (unpaired) electrons. The Hall–Kier alpha value is -1.48. The van der Waals surface area contributed by atoms with Crippen LogP contribution in [0.5, 0.6) is 5.88 Å². The first-order valence-electron chi connectivity index (χ1n) is 7.46. The Labute approximate surface area is 182 Å². The molecule has 5 aromatic rings. The summed E-state index contributed by atoms with van der Waals surface area (Å²) in [5.74, 6) is -0.378. The molecule has 0 aliphatic heterocycles. The quantitative estimate of drug-likeness (QED) is 0.455. The number of hydrogen-bond donors (Lipinski definition) is 1. The van der Waals surface area contributed by atoms with Crippen molar-refractivity contribution >= 4 is 54.4 Å². The van der Waals surface area contributed by atoms with E-state index in [1.165, 1.54) is 11.3 Å². The minimum Gasteiger partial charge on any atom is -0.860 e. The zero-order chi connectivity index (χ0) is 17.0. The Balaban J connectivity index is 0.00000168. The van der Waals surface area contributed by atoms with E-state index in [0.29, 0.717) is 10.2 Å². The summed E-state index contributed by atoms with van der Waals surface area (Å²) in [7, 11) is 0. The molecule has 0 aliphatic rings. The van der Waals surface area contributed by atoms with E-state index in [1.54, 1.807) is 22.7 Å². The van der Waals surface area contributed by atoms with Crippen LogP contribution >= 0.6 is 34.0 Å². The molecule has 5 rings (SSSR count). The van der Waals surface area contributed by atoms with Crippen molar-refractivity contribution in [1.29, 1.82) is 0 Å². The summed E-state index contributed by atoms with van der Waals surface area (Å²) in [4.78, 5) is 22.8. The minimum absolute atomic E-state index is 0. The van der Waals surface area contributed by atoms with Gasteiger partial charge in [-0.1, -0.05) is 12.1 Å². The third-order valence-corrected chi connectivity index (χ3v) is 6.85. The number of aromatic amines is 1. The van der Waals surface area contributed by atoms with Crippen LogP contribution in [-0.2, 0) is 0 Å². The molecule has 122 valence electrons. The van der Waals surface area contributed by atoms with Gasteiger partial charge in [0.2, 0.25) is 0 Å². The Kier molecular flexibility index (Phi) is 4.77. The zero-order valence-corrected chi connectivity index (χ0v) is 18.1. The Morgan fingerprint density at radius 1 is 1.04 bits per heavy atom. The summed E-state index contributed by atoms with van der Waals surface area (Å²) in [5.41, 5.74) is 2.21. The van der Waals surface area contributed by atoms with Crippen molar-refractivity contribution in [1.82, 2.24) is 9.97 Å². The molecule has 5 heterocycles. The molecule has 0 aromatic carbocycles. The van der Waals surface area contributed by atoms with E-state index in [9.17, 15) is 9.90 Å². The molecule has 0 amide bonds. The van der Waals surface area contributed by atoms with Crippen LogP contribution in [-0.4, -0.2) is 9.97 Å². The normalized spacial score (nSPS) is 11.1. The van der Waals surface area contributed by atoms with Crippen LogP contribution in [0.15, 0.2) is 52.0 Å². The predicted octanol–water partition coefficient (Wildman–Crippen LogP) is 1.67. The van der Waals surface area contributed by atoms with Crippen LogP contribution in [0.4, 0.5) is 0 Å². The fourth-order valence-corrected chi connectivity index (χ4v) is 5.41. The summed E-state index contributed by atoms with van der Waals surface area (Å²) >= 11 is 4.59. The van der Waals surface area contributed by atoms with E-state index in [1.807, 2.05) is 41.1 Å². The molecule has 0 bridgehead atoms. The molecule has 0 spiro atoms. The van der Waals surface area contributed by atoms with E-state index in [4.69, 9.17) is 4.98 Å². The number of hydrogen-bond acceptors (Lipinski definition) is 6. The van der Waals surface area contributed by atoms with Gasteiger partial charge in [0.25, 0.3) is 0 Å². The van der Waals surface area contributed by atoms with Crippen LogP contribution in [0.3, 0.4) is 0 Å². The number of nitrogens with one attached hydrogen (secondary N) is 1. The average molecular weight is 404 g/mol. The van der Waals surface area contributed by atoms with E-state index >= 15 is 0 Å². The number of pyridine rings is 2. The Morgan fingerprint density at radius 2 is 1.77 bits per heavy atom. The minimum atomic E-state index is -0.378. The van der Waals surface area contributed by atoms with E-state index in [2.05, 4.69) is 4.98 Å². The molecule has 0 atom stereocenters. The number of fused-ring (bicyclic) bond motifs is 3. The second-order valence-electron chi connectivity index (χ2n) is 5.49. The zero-order valence-electron chi connectivity index (χ0n) is 13.6. The first kappa shape index (κ1) is 17.9. The van der Waals surface area contributed by atoms with Gasteiger partial charge in [-0.05, 0) is 40.9 Å². The molecule has 8 heteroatoms. The van der Waals surface area contributed by atoms with Gasteiger partial charge >= 0.3 is 29.6 Å². The maximum Gasteiger partial charge on any atom is 1.00 e. The van der Waals surface area contributed by atoms with Crippen molar-refractivity contribution in [2.45, 2.75) is 0 Å². The number of H-pyrrole nitrogens is 1. The summed E-state index contributed by atoms with van der Waals surface area (Å²) in [5, 5.41) is 16.7. The maximum atomic E-state index is 12.2. The smallest absolute Gasteiger partial charge is 0.860 e. The molecule has 5 aromatic heterocycles. The molecule has 0 aliphatic carbocycles. The van der Waals surface area contributed by atoms with Crippen LogP contribution < -0.4 is 40.1 Å². The van der Waals surface area contributed by atoms with E-state index in [0.717, 1.165) is 37.3 Å². The van der Waals surface area contributed by atoms with Crippen LogP contribution in [0.1, 0.15) is 0 Å². The number of rotatable bonds is 2. The van der Waals surface area contributed by atoms with Crippen molar-refractivity contribution in [3.8, 4) is 26.9 Å². The molecular formula is C18H9N2NaO2S3. The SMILES string of the molecule is O=c1cc([O-])[nH]c2c1sc1nc(-c3cccs3)cc(-c3cccs3)c12.[Na+]. The summed E-state index contributed by atoms with van der Waals surface area (Å²) in [6.45, 7) is 0. The van der Waals surface area contributed by atoms with Crippen LogP contribution in [0.2, 0.25) is 0 Å². The van der Waals surface area contributed by atoms with Gasteiger partial charge < -0.3 is 10.1 Å². The van der Waals surface area contributed by atoms with Gasteiger partial charge in [-0.15, -0.1) is 34.0 Å². The molecular weight excluding hydrogens is 395 g/mol. The number of aromatic nitrogens is 2.